The van der Waals surface area contributed by atoms with Crippen molar-refractivity contribution < 1.29 is 4.39 Å². The number of nitrogens with zero attached hydrogens (tertiary/aromatic N) is 2. The minimum absolute atomic E-state index is 0.0422. The lowest BCUT2D eigenvalue weighted by molar-refractivity contribution is 0.293. The molecule has 3 nitrogen and oxygen atoms in total. The van der Waals surface area contributed by atoms with Crippen molar-refractivity contribution in [1.29, 1.82) is 0 Å². The van der Waals surface area contributed by atoms with Gasteiger partial charge in [0.1, 0.15) is 5.82 Å². The average Bonchev–Trinajstić information content (AvgIpc) is 3.14. The van der Waals surface area contributed by atoms with Crippen molar-refractivity contribution in [2.24, 2.45) is 0 Å². The Bertz CT molecular complexity index is 977. The van der Waals surface area contributed by atoms with E-state index in [1.165, 1.54) is 23.3 Å². The number of aryl methyl sites for hydroxylation is 1. The van der Waals surface area contributed by atoms with Crippen molar-refractivity contribution in [2.45, 2.75) is 26.4 Å². The predicted molar refractivity (Wildman–Crippen MR) is 112 cm³/mol. The van der Waals surface area contributed by atoms with Crippen LogP contribution in [0.5, 0.6) is 0 Å². The van der Waals surface area contributed by atoms with E-state index in [0.29, 0.717) is 5.11 Å². The van der Waals surface area contributed by atoms with E-state index in [4.69, 9.17) is 12.2 Å². The molecule has 1 aliphatic heterocycles. The summed E-state index contributed by atoms with van der Waals surface area (Å²) in [4.78, 5) is 2.19. The van der Waals surface area contributed by atoms with E-state index in [2.05, 4.69) is 53.0 Å². The molecule has 0 bridgehead atoms. The van der Waals surface area contributed by atoms with Gasteiger partial charge in [0, 0.05) is 30.7 Å². The molecule has 0 amide bonds. The number of halogens is 1. The molecule has 4 rings (SSSR count). The molecule has 0 aliphatic carbocycles. The van der Waals surface area contributed by atoms with Crippen LogP contribution in [0.4, 0.5) is 10.1 Å². The van der Waals surface area contributed by atoms with Crippen molar-refractivity contribution in [3.63, 3.8) is 0 Å². The lowest BCUT2D eigenvalue weighted by Gasteiger charge is -2.39. The van der Waals surface area contributed by atoms with Crippen LogP contribution in [0.15, 0.2) is 60.8 Å². The quantitative estimate of drug-likeness (QED) is 0.630. The molecule has 0 radical (unpaired) electrons. The fourth-order valence-electron chi connectivity index (χ4n) is 3.67. The van der Waals surface area contributed by atoms with Gasteiger partial charge in [0.15, 0.2) is 5.11 Å². The van der Waals surface area contributed by atoms with Gasteiger partial charge in [-0.2, -0.15) is 0 Å². The third-order valence-corrected chi connectivity index (χ3v) is 5.67. The summed E-state index contributed by atoms with van der Waals surface area (Å²) >= 11 is 5.80. The standard InChI is InChI=1S/C22H22FN3S/c1-15-5-3-6-19(16(15)2)24-22(27)26-14-13-25-12-4-7-20(25)21(26)17-8-10-18(23)11-9-17/h3-12,21H,13-14H2,1-2H3,(H,24,27)/t21-/m0/s1. The zero-order chi connectivity index (χ0) is 19.0. The van der Waals surface area contributed by atoms with Crippen LogP contribution in [0.3, 0.4) is 0 Å². The first-order valence-electron chi connectivity index (χ1n) is 9.09. The normalized spacial score (nSPS) is 16.1. The lowest BCUT2D eigenvalue weighted by atomic mass is 10.0. The van der Waals surface area contributed by atoms with Gasteiger partial charge < -0.3 is 14.8 Å². The first-order valence-corrected chi connectivity index (χ1v) is 9.50. The molecule has 2 aromatic carbocycles. The zero-order valence-corrected chi connectivity index (χ0v) is 16.3. The monoisotopic (exact) mass is 379 g/mol. The number of rotatable bonds is 2. The molecule has 0 saturated heterocycles. The van der Waals surface area contributed by atoms with Crippen molar-refractivity contribution in [1.82, 2.24) is 9.47 Å². The second kappa shape index (κ2) is 7.16. The second-order valence-electron chi connectivity index (χ2n) is 6.95. The molecule has 0 fully saturated rings. The molecule has 0 saturated carbocycles. The van der Waals surface area contributed by atoms with E-state index < -0.39 is 0 Å². The van der Waals surface area contributed by atoms with Crippen LogP contribution in [-0.2, 0) is 6.54 Å². The smallest absolute Gasteiger partial charge is 0.174 e. The molecular weight excluding hydrogens is 357 g/mol. The average molecular weight is 380 g/mol. The first-order chi connectivity index (χ1) is 13.0. The maximum atomic E-state index is 13.5. The summed E-state index contributed by atoms with van der Waals surface area (Å²) < 4.78 is 15.7. The highest BCUT2D eigenvalue weighted by molar-refractivity contribution is 7.80. The summed E-state index contributed by atoms with van der Waals surface area (Å²) in [5.74, 6) is -0.229. The Hall–Kier alpha value is -2.66. The lowest BCUT2D eigenvalue weighted by Crippen LogP contribution is -2.44. The zero-order valence-electron chi connectivity index (χ0n) is 15.4. The van der Waals surface area contributed by atoms with Crippen LogP contribution in [-0.4, -0.2) is 21.1 Å². The molecule has 1 N–H and O–H groups in total. The van der Waals surface area contributed by atoms with Crippen molar-refractivity contribution in [3.8, 4) is 0 Å². The van der Waals surface area contributed by atoms with Crippen molar-refractivity contribution >= 4 is 23.0 Å². The minimum Gasteiger partial charge on any atom is -0.348 e. The molecule has 1 atom stereocenters. The first kappa shape index (κ1) is 17.7. The summed E-state index contributed by atoms with van der Waals surface area (Å²) in [6.45, 7) is 5.85. The Balaban J connectivity index is 1.68. The maximum Gasteiger partial charge on any atom is 0.174 e. The van der Waals surface area contributed by atoms with Crippen LogP contribution in [0.2, 0.25) is 0 Å². The molecule has 5 heteroatoms. The summed E-state index contributed by atoms with van der Waals surface area (Å²) in [6, 6.07) is 17.0. The number of anilines is 1. The second-order valence-corrected chi connectivity index (χ2v) is 7.34. The molecule has 1 aliphatic rings. The molecule has 0 spiro atoms. The molecule has 1 aromatic heterocycles. The summed E-state index contributed by atoms with van der Waals surface area (Å²) in [5.41, 5.74) is 5.64. The fraction of sp³-hybridized carbons (Fsp3) is 0.227. The third kappa shape index (κ3) is 3.35. The van der Waals surface area contributed by atoms with Crippen molar-refractivity contribution in [2.75, 3.05) is 11.9 Å². The van der Waals surface area contributed by atoms with Gasteiger partial charge in [-0.15, -0.1) is 0 Å². The highest BCUT2D eigenvalue weighted by atomic mass is 32.1. The van der Waals surface area contributed by atoms with E-state index in [1.807, 2.05) is 24.3 Å². The van der Waals surface area contributed by atoms with Gasteiger partial charge in [0.05, 0.1) is 6.04 Å². The Morgan fingerprint density at radius 2 is 1.81 bits per heavy atom. The summed E-state index contributed by atoms with van der Waals surface area (Å²) in [7, 11) is 0. The largest absolute Gasteiger partial charge is 0.348 e. The van der Waals surface area contributed by atoms with Crippen LogP contribution in [0.1, 0.15) is 28.4 Å². The SMILES string of the molecule is Cc1cccc(NC(=S)N2CCn3cccc3[C@@H]2c2ccc(F)cc2)c1C. The van der Waals surface area contributed by atoms with E-state index in [-0.39, 0.29) is 11.9 Å². The minimum atomic E-state index is -0.229. The maximum absolute atomic E-state index is 13.5. The number of thiocarbonyl (C=S) groups is 1. The number of nitrogens with one attached hydrogen (secondary N) is 1. The highest BCUT2D eigenvalue weighted by Gasteiger charge is 2.30. The third-order valence-electron chi connectivity index (χ3n) is 5.33. The highest BCUT2D eigenvalue weighted by Crippen LogP contribution is 2.33. The number of aromatic nitrogens is 1. The van der Waals surface area contributed by atoms with Gasteiger partial charge in [-0.3, -0.25) is 0 Å². The number of hydrogen-bond acceptors (Lipinski definition) is 1. The van der Waals surface area contributed by atoms with E-state index in [0.717, 1.165) is 30.0 Å². The van der Waals surface area contributed by atoms with E-state index in [1.54, 1.807) is 0 Å². The number of hydrogen-bond donors (Lipinski definition) is 1. The Morgan fingerprint density at radius 3 is 2.59 bits per heavy atom. The van der Waals surface area contributed by atoms with Gasteiger partial charge >= 0.3 is 0 Å². The summed E-state index contributed by atoms with van der Waals surface area (Å²) in [5, 5.41) is 4.11. The Labute approximate surface area is 164 Å². The Kier molecular flexibility index (Phi) is 4.70. The van der Waals surface area contributed by atoms with Gasteiger partial charge in [-0.25, -0.2) is 4.39 Å². The van der Waals surface area contributed by atoms with Crippen LogP contribution < -0.4 is 5.32 Å². The van der Waals surface area contributed by atoms with Gasteiger partial charge in [0.2, 0.25) is 0 Å². The van der Waals surface area contributed by atoms with Crippen LogP contribution in [0, 0.1) is 19.7 Å². The van der Waals surface area contributed by atoms with Crippen molar-refractivity contribution in [3.05, 3.63) is 89.0 Å². The van der Waals surface area contributed by atoms with Crippen LogP contribution in [0.25, 0.3) is 0 Å². The van der Waals surface area contributed by atoms with Gasteiger partial charge in [0.25, 0.3) is 0 Å². The molecule has 3 aromatic rings. The number of fused-ring (bicyclic) bond motifs is 1. The predicted octanol–water partition coefficient (Wildman–Crippen LogP) is 5.05. The topological polar surface area (TPSA) is 20.2 Å². The van der Waals surface area contributed by atoms with Crippen LogP contribution >= 0.6 is 12.2 Å². The number of benzene rings is 2. The molecule has 138 valence electrons. The molecule has 27 heavy (non-hydrogen) atoms. The van der Waals surface area contributed by atoms with Gasteiger partial charge in [-0.1, -0.05) is 24.3 Å². The fourth-order valence-corrected chi connectivity index (χ4v) is 3.98. The molecule has 2 heterocycles. The molecular formula is C22H22FN3S. The Morgan fingerprint density at radius 1 is 1.04 bits per heavy atom. The van der Waals surface area contributed by atoms with Gasteiger partial charge in [-0.05, 0) is 73.1 Å². The van der Waals surface area contributed by atoms with E-state index in [9.17, 15) is 4.39 Å². The molecule has 0 unspecified atom stereocenters. The summed E-state index contributed by atoms with van der Waals surface area (Å²) in [6.07, 6.45) is 2.09. The van der Waals surface area contributed by atoms with E-state index >= 15 is 0 Å².